The van der Waals surface area contributed by atoms with Crippen molar-refractivity contribution in [1.82, 2.24) is 9.97 Å². The van der Waals surface area contributed by atoms with Gasteiger partial charge in [0.1, 0.15) is 6.33 Å². The van der Waals surface area contributed by atoms with Gasteiger partial charge in [-0.25, -0.2) is 4.98 Å². The molecule has 0 spiro atoms. The van der Waals surface area contributed by atoms with E-state index >= 15 is 0 Å². The minimum atomic E-state index is -0.535. The fraction of sp³-hybridized carbons (Fsp3) is 0.385. The Labute approximate surface area is 126 Å². The smallest absolute Gasteiger partial charge is 0.372 e. The van der Waals surface area contributed by atoms with E-state index in [9.17, 15) is 10.1 Å². The number of aromatic nitrogens is 2. The van der Waals surface area contributed by atoms with Crippen LogP contribution in [0.2, 0.25) is 0 Å². The van der Waals surface area contributed by atoms with Gasteiger partial charge in [0.25, 0.3) is 5.88 Å². The molecule has 0 aliphatic rings. The van der Waals surface area contributed by atoms with E-state index < -0.39 is 4.92 Å². The maximum absolute atomic E-state index is 11.2. The number of nitrogens with one attached hydrogen (secondary N) is 1. The molecule has 112 valence electrons. The number of nitrogens with zero attached hydrogens (tertiary/aromatic N) is 3. The number of hydrogen-bond acceptors (Lipinski definition) is 7. The molecule has 1 unspecified atom stereocenters. The Morgan fingerprint density at radius 1 is 1.43 bits per heavy atom. The Hall–Kier alpha value is -2.22. The number of ether oxygens (including phenoxy) is 1. The lowest BCUT2D eigenvalue weighted by atomic mass is 10.0. The van der Waals surface area contributed by atoms with Crippen LogP contribution in [0.4, 0.5) is 11.5 Å². The Morgan fingerprint density at radius 2 is 2.19 bits per heavy atom. The molecule has 0 aliphatic carbocycles. The zero-order valence-corrected chi connectivity index (χ0v) is 12.8. The quantitative estimate of drug-likeness (QED) is 0.650. The first-order chi connectivity index (χ1) is 10.0. The maximum Gasteiger partial charge on any atom is 0.372 e. The fourth-order valence-corrected chi connectivity index (χ4v) is 2.91. The van der Waals surface area contributed by atoms with Crippen molar-refractivity contribution in [2.45, 2.75) is 19.9 Å². The molecule has 0 radical (unpaired) electrons. The van der Waals surface area contributed by atoms with E-state index in [-0.39, 0.29) is 29.3 Å². The molecule has 2 rings (SSSR count). The lowest BCUT2D eigenvalue weighted by molar-refractivity contribution is -0.385. The van der Waals surface area contributed by atoms with Gasteiger partial charge in [0.2, 0.25) is 5.82 Å². The summed E-state index contributed by atoms with van der Waals surface area (Å²) >= 11 is 1.60. The third-order valence-corrected chi connectivity index (χ3v) is 3.93. The van der Waals surface area contributed by atoms with Gasteiger partial charge in [0, 0.05) is 4.88 Å². The van der Waals surface area contributed by atoms with Gasteiger partial charge in [-0.05, 0) is 17.4 Å². The van der Waals surface area contributed by atoms with Crippen molar-refractivity contribution < 1.29 is 9.66 Å². The van der Waals surface area contributed by atoms with Crippen LogP contribution in [0.25, 0.3) is 0 Å². The van der Waals surface area contributed by atoms with E-state index in [1.54, 1.807) is 11.3 Å². The summed E-state index contributed by atoms with van der Waals surface area (Å²) in [6.07, 6.45) is 1.25. The van der Waals surface area contributed by atoms with Crippen molar-refractivity contribution >= 4 is 22.8 Å². The van der Waals surface area contributed by atoms with Crippen molar-refractivity contribution in [3.05, 3.63) is 38.8 Å². The average molecular weight is 308 g/mol. The van der Waals surface area contributed by atoms with E-state index in [2.05, 4.69) is 15.3 Å². The van der Waals surface area contributed by atoms with Crippen LogP contribution in [0.3, 0.4) is 0 Å². The van der Waals surface area contributed by atoms with Gasteiger partial charge in [-0.3, -0.25) is 10.1 Å². The molecule has 21 heavy (non-hydrogen) atoms. The van der Waals surface area contributed by atoms with E-state index in [0.717, 1.165) is 4.88 Å². The summed E-state index contributed by atoms with van der Waals surface area (Å²) < 4.78 is 4.95. The number of anilines is 1. The van der Waals surface area contributed by atoms with Gasteiger partial charge in [-0.1, -0.05) is 19.9 Å². The zero-order valence-electron chi connectivity index (χ0n) is 11.9. The minimum Gasteiger partial charge on any atom is -0.476 e. The highest BCUT2D eigenvalue weighted by Crippen LogP contribution is 2.35. The molecule has 0 saturated carbocycles. The summed E-state index contributed by atoms with van der Waals surface area (Å²) in [5, 5.41) is 16.4. The summed E-state index contributed by atoms with van der Waals surface area (Å²) in [5.74, 6) is 0.356. The van der Waals surface area contributed by atoms with Gasteiger partial charge < -0.3 is 10.1 Å². The molecular weight excluding hydrogens is 292 g/mol. The van der Waals surface area contributed by atoms with E-state index in [1.807, 2.05) is 31.4 Å². The van der Waals surface area contributed by atoms with E-state index in [0.29, 0.717) is 0 Å². The Morgan fingerprint density at radius 3 is 2.71 bits per heavy atom. The standard InChI is InChI=1S/C13H16N4O3S/c1-8(2)10(9-5-4-6-21-9)16-12-11(17(18)19)13(20-3)15-7-14-12/h4-8,10H,1-3H3,(H,14,15,16). The van der Waals surface area contributed by atoms with Crippen molar-refractivity contribution in [3.63, 3.8) is 0 Å². The number of nitro groups is 1. The van der Waals surface area contributed by atoms with Crippen LogP contribution in [-0.4, -0.2) is 22.0 Å². The average Bonchev–Trinajstić information content (AvgIpc) is 2.97. The van der Waals surface area contributed by atoms with Gasteiger partial charge in [-0.15, -0.1) is 11.3 Å². The zero-order chi connectivity index (χ0) is 15.4. The van der Waals surface area contributed by atoms with Crippen LogP contribution in [0, 0.1) is 16.0 Å². The number of methoxy groups -OCH3 is 1. The Bertz CT molecular complexity index is 616. The van der Waals surface area contributed by atoms with Crippen LogP contribution in [0.15, 0.2) is 23.8 Å². The molecule has 2 heterocycles. The molecule has 2 aromatic rings. The van der Waals surface area contributed by atoms with Crippen LogP contribution in [-0.2, 0) is 0 Å². The second-order valence-corrected chi connectivity index (χ2v) is 5.70. The largest absolute Gasteiger partial charge is 0.476 e. The predicted octanol–water partition coefficient (Wildman–Crippen LogP) is 3.26. The predicted molar refractivity (Wildman–Crippen MR) is 80.8 cm³/mol. The third kappa shape index (κ3) is 3.27. The second-order valence-electron chi connectivity index (χ2n) is 4.72. The van der Waals surface area contributed by atoms with Crippen LogP contribution >= 0.6 is 11.3 Å². The maximum atomic E-state index is 11.2. The van der Waals surface area contributed by atoms with E-state index in [4.69, 9.17) is 4.74 Å². The van der Waals surface area contributed by atoms with Crippen LogP contribution in [0.1, 0.15) is 24.8 Å². The number of hydrogen-bond donors (Lipinski definition) is 1. The summed E-state index contributed by atoms with van der Waals surface area (Å²) in [6.45, 7) is 4.09. The summed E-state index contributed by atoms with van der Waals surface area (Å²) in [7, 11) is 1.35. The highest BCUT2D eigenvalue weighted by atomic mass is 32.1. The van der Waals surface area contributed by atoms with Gasteiger partial charge in [-0.2, -0.15) is 4.98 Å². The number of rotatable bonds is 6. The molecule has 7 nitrogen and oxygen atoms in total. The molecule has 0 bridgehead atoms. The first kappa shape index (κ1) is 15.2. The normalized spacial score (nSPS) is 12.2. The molecule has 2 aromatic heterocycles. The lowest BCUT2D eigenvalue weighted by Crippen LogP contribution is -2.17. The van der Waals surface area contributed by atoms with Crippen molar-refractivity contribution in [1.29, 1.82) is 0 Å². The van der Waals surface area contributed by atoms with E-state index in [1.165, 1.54) is 13.4 Å². The molecule has 0 aromatic carbocycles. The topological polar surface area (TPSA) is 90.2 Å². The lowest BCUT2D eigenvalue weighted by Gasteiger charge is -2.21. The second kappa shape index (κ2) is 6.49. The molecule has 0 amide bonds. The number of thiophene rings is 1. The molecule has 0 fully saturated rings. The molecule has 8 heteroatoms. The molecule has 1 N–H and O–H groups in total. The first-order valence-electron chi connectivity index (χ1n) is 6.38. The molecule has 1 atom stereocenters. The Balaban J connectivity index is 2.40. The Kier molecular flexibility index (Phi) is 4.69. The van der Waals surface area contributed by atoms with Crippen molar-refractivity contribution in [3.8, 4) is 5.88 Å². The summed E-state index contributed by atoms with van der Waals surface area (Å²) in [5.41, 5.74) is -0.248. The highest BCUT2D eigenvalue weighted by molar-refractivity contribution is 7.10. The highest BCUT2D eigenvalue weighted by Gasteiger charge is 2.27. The van der Waals surface area contributed by atoms with Crippen molar-refractivity contribution in [2.75, 3.05) is 12.4 Å². The van der Waals surface area contributed by atoms with Crippen molar-refractivity contribution in [2.24, 2.45) is 5.92 Å². The summed E-state index contributed by atoms with van der Waals surface area (Å²) in [6, 6.07) is 3.88. The van der Waals surface area contributed by atoms with Crippen LogP contribution < -0.4 is 10.1 Å². The van der Waals surface area contributed by atoms with Crippen LogP contribution in [0.5, 0.6) is 5.88 Å². The van der Waals surface area contributed by atoms with Gasteiger partial charge >= 0.3 is 5.69 Å². The monoisotopic (exact) mass is 308 g/mol. The molecule has 0 aliphatic heterocycles. The summed E-state index contributed by atoms with van der Waals surface area (Å²) in [4.78, 5) is 19.6. The first-order valence-corrected chi connectivity index (χ1v) is 7.25. The van der Waals surface area contributed by atoms with Gasteiger partial charge in [0.05, 0.1) is 18.1 Å². The minimum absolute atomic E-state index is 0.0498. The molecular formula is C13H16N4O3S. The fourth-order valence-electron chi connectivity index (χ4n) is 1.96. The third-order valence-electron chi connectivity index (χ3n) is 2.97. The SMILES string of the molecule is COc1ncnc(NC(c2cccs2)C(C)C)c1[N+](=O)[O-]. The van der Waals surface area contributed by atoms with Gasteiger partial charge in [0.15, 0.2) is 0 Å². The molecule has 0 saturated heterocycles.